The van der Waals surface area contributed by atoms with Crippen molar-refractivity contribution in [1.82, 2.24) is 9.78 Å². The van der Waals surface area contributed by atoms with Crippen LogP contribution in [-0.2, 0) is 12.0 Å². The number of nitrogens with zero attached hydrogens (tertiary/aromatic N) is 2. The minimum absolute atomic E-state index is 0.189. The van der Waals surface area contributed by atoms with Gasteiger partial charge in [-0.3, -0.25) is 4.68 Å². The maximum Gasteiger partial charge on any atom is 0.0677 e. The normalized spacial score (nSPS) is 15.8. The van der Waals surface area contributed by atoms with Crippen molar-refractivity contribution in [3.05, 3.63) is 18.0 Å². The lowest BCUT2D eigenvalue weighted by atomic mass is 9.93. The standard InChI is InChI=1S/C11H18N2.C2H6/c1-11(2,3)10-6-7-13(12-10)8-9-4-5-9;1-2/h6-7,9H,4-5,8H2,1-3H3;1-2H3. The molecule has 15 heavy (non-hydrogen) atoms. The Morgan fingerprint density at radius 2 is 1.93 bits per heavy atom. The highest BCUT2D eigenvalue weighted by Crippen LogP contribution is 2.30. The largest absolute Gasteiger partial charge is 0.272 e. The topological polar surface area (TPSA) is 17.8 Å². The molecule has 1 saturated carbocycles. The van der Waals surface area contributed by atoms with E-state index in [0.717, 1.165) is 12.5 Å². The van der Waals surface area contributed by atoms with Crippen LogP contribution < -0.4 is 0 Å². The Balaban J connectivity index is 0.000000531. The molecule has 0 spiro atoms. The SMILES string of the molecule is CC.CC(C)(C)c1ccn(CC2CC2)n1. The average molecular weight is 208 g/mol. The highest BCUT2D eigenvalue weighted by Gasteiger charge is 2.23. The maximum absolute atomic E-state index is 4.58. The first-order valence-corrected chi connectivity index (χ1v) is 6.09. The molecule has 0 amide bonds. The number of hydrogen-bond donors (Lipinski definition) is 0. The summed E-state index contributed by atoms with van der Waals surface area (Å²) in [7, 11) is 0. The van der Waals surface area contributed by atoms with Gasteiger partial charge in [0.2, 0.25) is 0 Å². The molecule has 2 nitrogen and oxygen atoms in total. The van der Waals surface area contributed by atoms with Gasteiger partial charge in [0.1, 0.15) is 0 Å². The summed E-state index contributed by atoms with van der Waals surface area (Å²) < 4.78 is 2.10. The minimum Gasteiger partial charge on any atom is -0.272 e. The van der Waals surface area contributed by atoms with Crippen molar-refractivity contribution < 1.29 is 0 Å². The van der Waals surface area contributed by atoms with Gasteiger partial charge in [-0.05, 0) is 24.8 Å². The van der Waals surface area contributed by atoms with E-state index in [1.807, 2.05) is 13.8 Å². The maximum atomic E-state index is 4.58. The first-order valence-electron chi connectivity index (χ1n) is 6.09. The molecule has 0 unspecified atom stereocenters. The third-order valence-electron chi connectivity index (χ3n) is 2.55. The van der Waals surface area contributed by atoms with Crippen LogP contribution in [0.25, 0.3) is 0 Å². The van der Waals surface area contributed by atoms with Crippen molar-refractivity contribution in [2.75, 3.05) is 0 Å². The Morgan fingerprint density at radius 1 is 1.33 bits per heavy atom. The van der Waals surface area contributed by atoms with Crippen molar-refractivity contribution in [2.45, 2.75) is 59.4 Å². The molecule has 2 rings (SSSR count). The van der Waals surface area contributed by atoms with Gasteiger partial charge in [0, 0.05) is 18.2 Å². The van der Waals surface area contributed by atoms with E-state index in [9.17, 15) is 0 Å². The molecule has 0 aromatic carbocycles. The molecule has 86 valence electrons. The number of rotatable bonds is 2. The van der Waals surface area contributed by atoms with E-state index in [0.29, 0.717) is 0 Å². The molecule has 0 bridgehead atoms. The second-order valence-electron chi connectivity index (χ2n) is 5.12. The molecule has 1 fully saturated rings. The van der Waals surface area contributed by atoms with Gasteiger partial charge in [0.15, 0.2) is 0 Å². The van der Waals surface area contributed by atoms with E-state index in [-0.39, 0.29) is 5.41 Å². The van der Waals surface area contributed by atoms with Crippen LogP contribution in [0.3, 0.4) is 0 Å². The summed E-state index contributed by atoms with van der Waals surface area (Å²) in [4.78, 5) is 0. The zero-order valence-corrected chi connectivity index (χ0v) is 10.7. The summed E-state index contributed by atoms with van der Waals surface area (Å²) >= 11 is 0. The van der Waals surface area contributed by atoms with E-state index < -0.39 is 0 Å². The molecular weight excluding hydrogens is 184 g/mol. The Morgan fingerprint density at radius 3 is 2.33 bits per heavy atom. The van der Waals surface area contributed by atoms with Gasteiger partial charge < -0.3 is 0 Å². The van der Waals surface area contributed by atoms with Crippen molar-refractivity contribution in [3.63, 3.8) is 0 Å². The number of aromatic nitrogens is 2. The van der Waals surface area contributed by atoms with E-state index >= 15 is 0 Å². The van der Waals surface area contributed by atoms with Gasteiger partial charge >= 0.3 is 0 Å². The third-order valence-corrected chi connectivity index (χ3v) is 2.55. The summed E-state index contributed by atoms with van der Waals surface area (Å²) in [6.45, 7) is 11.7. The second kappa shape index (κ2) is 4.82. The smallest absolute Gasteiger partial charge is 0.0677 e. The lowest BCUT2D eigenvalue weighted by molar-refractivity contribution is 0.514. The predicted octanol–water partition coefficient (Wildman–Crippen LogP) is 3.62. The van der Waals surface area contributed by atoms with Crippen LogP contribution in [0.5, 0.6) is 0 Å². The van der Waals surface area contributed by atoms with Gasteiger partial charge in [-0.1, -0.05) is 34.6 Å². The van der Waals surface area contributed by atoms with Crippen LogP contribution in [0.15, 0.2) is 12.3 Å². The number of hydrogen-bond acceptors (Lipinski definition) is 1. The van der Waals surface area contributed by atoms with Crippen molar-refractivity contribution in [3.8, 4) is 0 Å². The van der Waals surface area contributed by atoms with Crippen LogP contribution in [0, 0.1) is 5.92 Å². The molecule has 0 radical (unpaired) electrons. The minimum atomic E-state index is 0.189. The van der Waals surface area contributed by atoms with Crippen molar-refractivity contribution >= 4 is 0 Å². The Hall–Kier alpha value is -0.790. The fourth-order valence-electron chi connectivity index (χ4n) is 1.43. The van der Waals surface area contributed by atoms with Gasteiger partial charge in [0.25, 0.3) is 0 Å². The van der Waals surface area contributed by atoms with Gasteiger partial charge in [-0.15, -0.1) is 0 Å². The first kappa shape index (κ1) is 12.3. The molecule has 0 atom stereocenters. The zero-order chi connectivity index (χ0) is 11.5. The molecule has 0 aliphatic heterocycles. The highest BCUT2D eigenvalue weighted by atomic mass is 15.3. The molecule has 2 heteroatoms. The fourth-order valence-corrected chi connectivity index (χ4v) is 1.43. The quantitative estimate of drug-likeness (QED) is 0.726. The van der Waals surface area contributed by atoms with Crippen LogP contribution >= 0.6 is 0 Å². The Bertz CT molecular complexity index is 290. The third kappa shape index (κ3) is 3.69. The van der Waals surface area contributed by atoms with Crippen LogP contribution in [0.1, 0.15) is 53.2 Å². The molecule has 1 aliphatic rings. The molecule has 1 aromatic rings. The summed E-state index contributed by atoms with van der Waals surface area (Å²) in [5, 5.41) is 4.58. The van der Waals surface area contributed by atoms with Crippen LogP contribution in [0.4, 0.5) is 0 Å². The summed E-state index contributed by atoms with van der Waals surface area (Å²) in [6.07, 6.45) is 4.90. The van der Waals surface area contributed by atoms with Crippen LogP contribution in [0.2, 0.25) is 0 Å². The summed E-state index contributed by atoms with van der Waals surface area (Å²) in [5.74, 6) is 0.910. The molecular formula is C13H24N2. The molecule has 1 aromatic heterocycles. The van der Waals surface area contributed by atoms with Crippen molar-refractivity contribution in [1.29, 1.82) is 0 Å². The van der Waals surface area contributed by atoms with Gasteiger partial charge in [0.05, 0.1) is 5.69 Å². The summed E-state index contributed by atoms with van der Waals surface area (Å²) in [6, 6.07) is 2.14. The van der Waals surface area contributed by atoms with Crippen LogP contribution in [-0.4, -0.2) is 9.78 Å². The van der Waals surface area contributed by atoms with Gasteiger partial charge in [-0.2, -0.15) is 5.10 Å². The average Bonchev–Trinajstić information content (AvgIpc) is 2.83. The van der Waals surface area contributed by atoms with E-state index in [1.165, 1.54) is 18.5 Å². The molecule has 0 N–H and O–H groups in total. The van der Waals surface area contributed by atoms with Crippen molar-refractivity contribution in [2.24, 2.45) is 5.92 Å². The van der Waals surface area contributed by atoms with E-state index in [1.54, 1.807) is 0 Å². The Kier molecular flexibility index (Phi) is 3.95. The second-order valence-corrected chi connectivity index (χ2v) is 5.12. The van der Waals surface area contributed by atoms with E-state index in [2.05, 4.69) is 42.8 Å². The highest BCUT2D eigenvalue weighted by molar-refractivity contribution is 5.10. The lowest BCUT2D eigenvalue weighted by Gasteiger charge is -2.14. The predicted molar refractivity (Wildman–Crippen MR) is 65.0 cm³/mol. The lowest BCUT2D eigenvalue weighted by Crippen LogP contribution is -2.13. The molecule has 1 heterocycles. The molecule has 0 saturated heterocycles. The zero-order valence-electron chi connectivity index (χ0n) is 10.7. The molecule has 1 aliphatic carbocycles. The Labute approximate surface area is 93.7 Å². The van der Waals surface area contributed by atoms with Gasteiger partial charge in [-0.25, -0.2) is 0 Å². The first-order chi connectivity index (χ1) is 7.05. The summed E-state index contributed by atoms with van der Waals surface area (Å²) in [5.41, 5.74) is 1.39. The van der Waals surface area contributed by atoms with E-state index in [4.69, 9.17) is 0 Å². The monoisotopic (exact) mass is 208 g/mol. The fraction of sp³-hybridized carbons (Fsp3) is 0.769.